The number of nitrogens with zero attached hydrogens (tertiary/aromatic N) is 1. The first-order valence-electron chi connectivity index (χ1n) is 5.30. The summed E-state index contributed by atoms with van der Waals surface area (Å²) in [5, 5.41) is 13.1. The minimum absolute atomic E-state index is 0.510. The lowest BCUT2D eigenvalue weighted by Gasteiger charge is -2.23. The van der Waals surface area contributed by atoms with Crippen LogP contribution < -0.4 is 5.32 Å². The Morgan fingerprint density at radius 3 is 2.56 bits per heavy atom. The predicted molar refractivity (Wildman–Crippen MR) is 64.8 cm³/mol. The van der Waals surface area contributed by atoms with Crippen molar-refractivity contribution in [1.29, 1.82) is 0 Å². The highest BCUT2D eigenvalue weighted by Gasteiger charge is 2.30. The van der Waals surface area contributed by atoms with Crippen molar-refractivity contribution in [2.75, 3.05) is 0 Å². The predicted octanol–water partition coefficient (Wildman–Crippen LogP) is 2.10. The average Bonchev–Trinajstić information content (AvgIpc) is 2.55. The van der Waals surface area contributed by atoms with Crippen LogP contribution in [-0.4, -0.2) is 21.6 Å². The SMILES string of the molecule is CCC(C)(NCc1nc(C)c(C)s1)C(=O)O. The molecule has 1 rings (SSSR count). The molecule has 16 heavy (non-hydrogen) atoms. The highest BCUT2D eigenvalue weighted by atomic mass is 32.1. The normalized spacial score (nSPS) is 14.8. The Hall–Kier alpha value is -0.940. The Balaban J connectivity index is 2.66. The van der Waals surface area contributed by atoms with Crippen molar-refractivity contribution in [3.05, 3.63) is 15.6 Å². The molecular weight excluding hydrogens is 224 g/mol. The molecule has 0 aliphatic carbocycles. The first kappa shape index (κ1) is 13.1. The minimum atomic E-state index is -0.868. The second kappa shape index (κ2) is 4.93. The van der Waals surface area contributed by atoms with Gasteiger partial charge < -0.3 is 5.11 Å². The van der Waals surface area contributed by atoms with Crippen LogP contribution in [-0.2, 0) is 11.3 Å². The number of thiazole rings is 1. The third-order valence-corrected chi connectivity index (χ3v) is 3.95. The Kier molecular flexibility index (Phi) is 4.04. The molecule has 1 unspecified atom stereocenters. The van der Waals surface area contributed by atoms with Gasteiger partial charge in [-0.2, -0.15) is 0 Å². The lowest BCUT2D eigenvalue weighted by Crippen LogP contribution is -2.48. The van der Waals surface area contributed by atoms with Gasteiger partial charge in [0.25, 0.3) is 0 Å². The zero-order chi connectivity index (χ0) is 12.3. The molecule has 0 aliphatic heterocycles. The van der Waals surface area contributed by atoms with Crippen molar-refractivity contribution in [2.24, 2.45) is 0 Å². The fourth-order valence-electron chi connectivity index (χ4n) is 1.24. The molecular formula is C11H18N2O2S. The molecule has 1 heterocycles. The summed E-state index contributed by atoms with van der Waals surface area (Å²) in [4.78, 5) is 16.6. The minimum Gasteiger partial charge on any atom is -0.480 e. The number of carboxylic acids is 1. The molecule has 2 N–H and O–H groups in total. The van der Waals surface area contributed by atoms with Crippen molar-refractivity contribution < 1.29 is 9.90 Å². The summed E-state index contributed by atoms with van der Waals surface area (Å²) in [6.45, 7) is 8.05. The van der Waals surface area contributed by atoms with E-state index in [0.29, 0.717) is 13.0 Å². The molecule has 5 heteroatoms. The van der Waals surface area contributed by atoms with Gasteiger partial charge in [0.1, 0.15) is 10.5 Å². The maximum Gasteiger partial charge on any atom is 0.323 e. The number of aromatic nitrogens is 1. The third-order valence-electron chi connectivity index (χ3n) is 2.88. The Morgan fingerprint density at radius 2 is 2.19 bits per heavy atom. The first-order chi connectivity index (χ1) is 7.39. The molecule has 0 radical (unpaired) electrons. The number of rotatable bonds is 5. The van der Waals surface area contributed by atoms with Crippen LogP contribution in [0.1, 0.15) is 35.8 Å². The number of carboxylic acid groups (broad SMARTS) is 1. The Morgan fingerprint density at radius 1 is 1.56 bits per heavy atom. The van der Waals surface area contributed by atoms with Crippen LogP contribution in [0.2, 0.25) is 0 Å². The number of carbonyl (C=O) groups is 1. The molecule has 4 nitrogen and oxygen atoms in total. The zero-order valence-electron chi connectivity index (χ0n) is 10.1. The van der Waals surface area contributed by atoms with Crippen molar-refractivity contribution in [2.45, 2.75) is 46.2 Å². The number of hydrogen-bond acceptors (Lipinski definition) is 4. The van der Waals surface area contributed by atoms with E-state index in [-0.39, 0.29) is 0 Å². The van der Waals surface area contributed by atoms with E-state index in [2.05, 4.69) is 10.3 Å². The molecule has 0 bridgehead atoms. The molecule has 1 aromatic heterocycles. The van der Waals surface area contributed by atoms with E-state index in [4.69, 9.17) is 5.11 Å². The van der Waals surface area contributed by atoms with Crippen molar-refractivity contribution >= 4 is 17.3 Å². The fraction of sp³-hybridized carbons (Fsp3) is 0.636. The van der Waals surface area contributed by atoms with E-state index in [1.54, 1.807) is 18.3 Å². The van der Waals surface area contributed by atoms with Crippen LogP contribution in [0.3, 0.4) is 0 Å². The van der Waals surface area contributed by atoms with Gasteiger partial charge in [-0.3, -0.25) is 10.1 Å². The smallest absolute Gasteiger partial charge is 0.323 e. The molecule has 0 aromatic carbocycles. The van der Waals surface area contributed by atoms with Gasteiger partial charge in [0.15, 0.2) is 0 Å². The van der Waals surface area contributed by atoms with Gasteiger partial charge >= 0.3 is 5.97 Å². The van der Waals surface area contributed by atoms with Crippen LogP contribution in [0, 0.1) is 13.8 Å². The summed E-state index contributed by atoms with van der Waals surface area (Å²) in [6.07, 6.45) is 0.547. The fourth-order valence-corrected chi connectivity index (χ4v) is 2.11. The lowest BCUT2D eigenvalue weighted by molar-refractivity contribution is -0.144. The molecule has 1 atom stereocenters. The third kappa shape index (κ3) is 2.80. The van der Waals surface area contributed by atoms with Gasteiger partial charge in [0.05, 0.1) is 5.69 Å². The van der Waals surface area contributed by atoms with Crippen molar-refractivity contribution in [1.82, 2.24) is 10.3 Å². The van der Waals surface area contributed by atoms with Crippen LogP contribution in [0.5, 0.6) is 0 Å². The van der Waals surface area contributed by atoms with Crippen molar-refractivity contribution in [3.63, 3.8) is 0 Å². The van der Waals surface area contributed by atoms with E-state index in [9.17, 15) is 4.79 Å². The van der Waals surface area contributed by atoms with Crippen LogP contribution in [0.4, 0.5) is 0 Å². The maximum absolute atomic E-state index is 11.1. The number of hydrogen-bond donors (Lipinski definition) is 2. The van der Waals surface area contributed by atoms with Gasteiger partial charge in [-0.05, 0) is 27.2 Å². The molecule has 0 saturated carbocycles. The summed E-state index contributed by atoms with van der Waals surface area (Å²) in [5.74, 6) is -0.819. The molecule has 0 fully saturated rings. The monoisotopic (exact) mass is 242 g/mol. The van der Waals surface area contributed by atoms with Gasteiger partial charge in [0, 0.05) is 11.4 Å². The van der Waals surface area contributed by atoms with Gasteiger partial charge in [-0.15, -0.1) is 11.3 Å². The first-order valence-corrected chi connectivity index (χ1v) is 6.12. The zero-order valence-corrected chi connectivity index (χ0v) is 10.9. The highest BCUT2D eigenvalue weighted by molar-refractivity contribution is 7.11. The lowest BCUT2D eigenvalue weighted by atomic mass is 9.99. The summed E-state index contributed by atoms with van der Waals surface area (Å²) >= 11 is 1.61. The van der Waals surface area contributed by atoms with E-state index < -0.39 is 11.5 Å². The van der Waals surface area contributed by atoms with Crippen LogP contribution >= 0.6 is 11.3 Å². The van der Waals surface area contributed by atoms with E-state index in [1.165, 1.54) is 4.88 Å². The second-order valence-electron chi connectivity index (χ2n) is 4.09. The number of aliphatic carboxylic acids is 1. The second-order valence-corrected chi connectivity index (χ2v) is 5.38. The molecule has 0 aliphatic rings. The standard InChI is InChI=1S/C11H18N2O2S/c1-5-11(4,10(14)15)12-6-9-13-7(2)8(3)16-9/h12H,5-6H2,1-4H3,(H,14,15). The summed E-state index contributed by atoms with van der Waals surface area (Å²) < 4.78 is 0. The largest absolute Gasteiger partial charge is 0.480 e. The van der Waals surface area contributed by atoms with E-state index in [0.717, 1.165) is 10.7 Å². The molecule has 1 aromatic rings. The Bertz CT molecular complexity index is 370. The van der Waals surface area contributed by atoms with Gasteiger partial charge in [-0.25, -0.2) is 4.98 Å². The molecule has 90 valence electrons. The topological polar surface area (TPSA) is 62.2 Å². The quantitative estimate of drug-likeness (QED) is 0.830. The molecule has 0 saturated heterocycles. The van der Waals surface area contributed by atoms with E-state index >= 15 is 0 Å². The van der Waals surface area contributed by atoms with Crippen LogP contribution in [0.25, 0.3) is 0 Å². The summed E-state index contributed by atoms with van der Waals surface area (Å²) in [7, 11) is 0. The average molecular weight is 242 g/mol. The highest BCUT2D eigenvalue weighted by Crippen LogP contribution is 2.18. The summed E-state index contributed by atoms with van der Waals surface area (Å²) in [6, 6.07) is 0. The van der Waals surface area contributed by atoms with Crippen LogP contribution in [0.15, 0.2) is 0 Å². The van der Waals surface area contributed by atoms with Gasteiger partial charge in [-0.1, -0.05) is 6.92 Å². The van der Waals surface area contributed by atoms with Gasteiger partial charge in [0.2, 0.25) is 0 Å². The molecule has 0 amide bonds. The summed E-state index contributed by atoms with van der Waals surface area (Å²) in [5.41, 5.74) is 0.156. The Labute approximate surface area is 99.7 Å². The number of nitrogens with one attached hydrogen (secondary N) is 1. The van der Waals surface area contributed by atoms with E-state index in [1.807, 2.05) is 20.8 Å². The van der Waals surface area contributed by atoms with Crippen molar-refractivity contribution in [3.8, 4) is 0 Å². The number of aryl methyl sites for hydroxylation is 2. The maximum atomic E-state index is 11.1. The molecule has 0 spiro atoms.